The molecule has 1 aromatic carbocycles. The molecule has 1 aromatic heterocycles. The minimum atomic E-state index is 0.471. The molecule has 0 saturated carbocycles. The molecule has 4 heteroatoms. The van der Waals surface area contributed by atoms with Gasteiger partial charge in [-0.05, 0) is 17.7 Å². The topological polar surface area (TPSA) is 39.1 Å². The zero-order valence-corrected chi connectivity index (χ0v) is 9.54. The second kappa shape index (κ2) is 4.59. The Morgan fingerprint density at radius 1 is 1.41 bits per heavy atom. The van der Waals surface area contributed by atoms with Gasteiger partial charge in [-0.2, -0.15) is 0 Å². The first-order valence-corrected chi connectivity index (χ1v) is 5.79. The highest BCUT2D eigenvalue weighted by Gasteiger charge is 2.17. The molecule has 1 aliphatic heterocycles. The molecule has 1 fully saturated rings. The van der Waals surface area contributed by atoms with Crippen LogP contribution in [0.2, 0.25) is 0 Å². The molecule has 0 spiro atoms. The molecular weight excluding hydrogens is 214 g/mol. The second-order valence-corrected chi connectivity index (χ2v) is 4.31. The molecule has 2 aromatic rings. The predicted molar refractivity (Wildman–Crippen MR) is 66.0 cm³/mol. The monoisotopic (exact) mass is 229 g/mol. The summed E-state index contributed by atoms with van der Waals surface area (Å²) in [6.45, 7) is 2.48. The van der Waals surface area contributed by atoms with E-state index in [-0.39, 0.29) is 0 Å². The maximum Gasteiger partial charge on any atom is 0.0949 e. The Kier molecular flexibility index (Phi) is 2.80. The van der Waals surface area contributed by atoms with E-state index in [0.717, 1.165) is 25.4 Å². The van der Waals surface area contributed by atoms with Crippen molar-refractivity contribution in [1.82, 2.24) is 9.55 Å². The van der Waals surface area contributed by atoms with Crippen LogP contribution in [0.5, 0.6) is 0 Å². The first-order chi connectivity index (χ1) is 8.40. The maximum absolute atomic E-state index is 5.15. The van der Waals surface area contributed by atoms with Gasteiger partial charge in [-0.15, -0.1) is 0 Å². The number of aromatic nitrogens is 2. The van der Waals surface area contributed by atoms with Crippen LogP contribution in [0, 0.1) is 0 Å². The number of imidazole rings is 1. The first kappa shape index (κ1) is 10.4. The molecule has 88 valence electrons. The zero-order valence-electron chi connectivity index (χ0n) is 9.54. The summed E-state index contributed by atoms with van der Waals surface area (Å²) in [5, 5.41) is 3.45. The Bertz CT molecular complexity index is 477. The molecule has 17 heavy (non-hydrogen) atoms. The minimum absolute atomic E-state index is 0.471. The number of rotatable bonds is 4. The molecule has 1 saturated heterocycles. The van der Waals surface area contributed by atoms with Gasteiger partial charge in [0.05, 0.1) is 25.6 Å². The quantitative estimate of drug-likeness (QED) is 0.868. The summed E-state index contributed by atoms with van der Waals surface area (Å²) in [6.07, 6.45) is 5.60. The number of benzene rings is 1. The van der Waals surface area contributed by atoms with E-state index in [1.807, 2.05) is 12.5 Å². The molecular formula is C13H15N3O. The van der Waals surface area contributed by atoms with Gasteiger partial charge < -0.3 is 14.6 Å². The smallest absolute Gasteiger partial charge is 0.0949 e. The summed E-state index contributed by atoms with van der Waals surface area (Å²) < 4.78 is 7.21. The van der Waals surface area contributed by atoms with Crippen LogP contribution in [0.25, 0.3) is 0 Å². The fraction of sp³-hybridized carbons (Fsp3) is 0.308. The van der Waals surface area contributed by atoms with Gasteiger partial charge in [0.2, 0.25) is 0 Å². The fourth-order valence-corrected chi connectivity index (χ4v) is 1.91. The van der Waals surface area contributed by atoms with Crippen molar-refractivity contribution in [3.8, 4) is 0 Å². The van der Waals surface area contributed by atoms with E-state index in [1.54, 1.807) is 6.20 Å². The average molecular weight is 229 g/mol. The first-order valence-electron chi connectivity index (χ1n) is 5.79. The molecule has 0 bridgehead atoms. The highest BCUT2D eigenvalue weighted by atomic mass is 16.5. The van der Waals surface area contributed by atoms with Crippen LogP contribution in [-0.2, 0) is 11.3 Å². The lowest BCUT2D eigenvalue weighted by atomic mass is 10.1. The zero-order chi connectivity index (χ0) is 11.5. The van der Waals surface area contributed by atoms with Gasteiger partial charge in [-0.25, -0.2) is 4.98 Å². The summed E-state index contributed by atoms with van der Waals surface area (Å²) in [5.74, 6) is 0. The van der Waals surface area contributed by atoms with E-state index in [1.165, 1.54) is 5.56 Å². The summed E-state index contributed by atoms with van der Waals surface area (Å²) in [6, 6.07) is 8.95. The van der Waals surface area contributed by atoms with Gasteiger partial charge in [-0.1, -0.05) is 12.1 Å². The molecule has 0 aliphatic carbocycles. The lowest BCUT2D eigenvalue weighted by Gasteiger charge is -2.28. The van der Waals surface area contributed by atoms with E-state index in [4.69, 9.17) is 4.74 Å². The molecule has 4 nitrogen and oxygen atoms in total. The van der Waals surface area contributed by atoms with Crippen molar-refractivity contribution >= 4 is 5.69 Å². The number of nitrogens with one attached hydrogen (secondary N) is 1. The average Bonchev–Trinajstić information content (AvgIpc) is 2.77. The highest BCUT2D eigenvalue weighted by Crippen LogP contribution is 2.15. The summed E-state index contributed by atoms with van der Waals surface area (Å²) in [7, 11) is 0. The Morgan fingerprint density at radius 3 is 3.06 bits per heavy atom. The third kappa shape index (κ3) is 2.47. The summed E-state index contributed by atoms with van der Waals surface area (Å²) in [4.78, 5) is 4.04. The lowest BCUT2D eigenvalue weighted by Crippen LogP contribution is -2.40. The van der Waals surface area contributed by atoms with Crippen LogP contribution in [0.15, 0.2) is 43.0 Å². The summed E-state index contributed by atoms with van der Waals surface area (Å²) in [5.41, 5.74) is 2.43. The SMILES string of the molecule is c1cc(Cn2ccnc2)cc(NC2COC2)c1. The van der Waals surface area contributed by atoms with E-state index in [2.05, 4.69) is 39.1 Å². The molecule has 0 radical (unpaired) electrons. The fourth-order valence-electron chi connectivity index (χ4n) is 1.91. The molecule has 1 N–H and O–H groups in total. The van der Waals surface area contributed by atoms with Crippen molar-refractivity contribution in [3.63, 3.8) is 0 Å². The van der Waals surface area contributed by atoms with Gasteiger partial charge in [0.1, 0.15) is 0 Å². The maximum atomic E-state index is 5.15. The Hall–Kier alpha value is -1.81. The van der Waals surface area contributed by atoms with Gasteiger partial charge in [0.15, 0.2) is 0 Å². The van der Waals surface area contributed by atoms with Crippen molar-refractivity contribution < 1.29 is 4.74 Å². The van der Waals surface area contributed by atoms with E-state index in [9.17, 15) is 0 Å². The van der Waals surface area contributed by atoms with Crippen LogP contribution >= 0.6 is 0 Å². The number of hydrogen-bond donors (Lipinski definition) is 1. The highest BCUT2D eigenvalue weighted by molar-refractivity contribution is 5.47. The molecule has 0 unspecified atom stereocenters. The third-order valence-corrected chi connectivity index (χ3v) is 2.86. The van der Waals surface area contributed by atoms with Crippen molar-refractivity contribution in [2.75, 3.05) is 18.5 Å². The van der Waals surface area contributed by atoms with E-state index < -0.39 is 0 Å². The number of anilines is 1. The predicted octanol–water partition coefficient (Wildman–Crippen LogP) is 1.74. The number of hydrogen-bond acceptors (Lipinski definition) is 3. The van der Waals surface area contributed by atoms with Crippen LogP contribution in [-0.4, -0.2) is 28.8 Å². The van der Waals surface area contributed by atoms with Crippen LogP contribution in [0.3, 0.4) is 0 Å². The van der Waals surface area contributed by atoms with E-state index >= 15 is 0 Å². The Morgan fingerprint density at radius 2 is 2.35 bits per heavy atom. The Labute approximate surface area is 100 Å². The van der Waals surface area contributed by atoms with Crippen LogP contribution < -0.4 is 5.32 Å². The van der Waals surface area contributed by atoms with Gasteiger partial charge in [0, 0.05) is 24.6 Å². The largest absolute Gasteiger partial charge is 0.378 e. The number of ether oxygens (including phenoxy) is 1. The minimum Gasteiger partial charge on any atom is -0.378 e. The normalized spacial score (nSPS) is 15.5. The van der Waals surface area contributed by atoms with E-state index in [0.29, 0.717) is 6.04 Å². The van der Waals surface area contributed by atoms with Crippen molar-refractivity contribution in [2.45, 2.75) is 12.6 Å². The van der Waals surface area contributed by atoms with Gasteiger partial charge in [-0.3, -0.25) is 0 Å². The lowest BCUT2D eigenvalue weighted by molar-refractivity contribution is 0.0211. The molecule has 3 rings (SSSR count). The van der Waals surface area contributed by atoms with Crippen molar-refractivity contribution in [2.24, 2.45) is 0 Å². The van der Waals surface area contributed by atoms with Crippen LogP contribution in [0.1, 0.15) is 5.56 Å². The van der Waals surface area contributed by atoms with Crippen molar-refractivity contribution in [3.05, 3.63) is 48.5 Å². The molecule has 2 heterocycles. The Balaban J connectivity index is 1.69. The standard InChI is InChI=1S/C13H15N3O/c1-2-11(7-16-5-4-14-10-16)6-12(3-1)15-13-8-17-9-13/h1-6,10,13,15H,7-9H2. The molecule has 0 amide bonds. The summed E-state index contributed by atoms with van der Waals surface area (Å²) >= 11 is 0. The second-order valence-electron chi connectivity index (χ2n) is 4.31. The van der Waals surface area contributed by atoms with Gasteiger partial charge >= 0.3 is 0 Å². The van der Waals surface area contributed by atoms with Crippen LogP contribution in [0.4, 0.5) is 5.69 Å². The number of nitrogens with zero attached hydrogens (tertiary/aromatic N) is 2. The van der Waals surface area contributed by atoms with Crippen molar-refractivity contribution in [1.29, 1.82) is 0 Å². The van der Waals surface area contributed by atoms with Gasteiger partial charge in [0.25, 0.3) is 0 Å². The third-order valence-electron chi connectivity index (χ3n) is 2.86. The molecule has 1 aliphatic rings. The molecule has 0 atom stereocenters.